The lowest BCUT2D eigenvalue weighted by Gasteiger charge is -2.16. The van der Waals surface area contributed by atoms with Crippen LogP contribution in [-0.4, -0.2) is 17.6 Å². The van der Waals surface area contributed by atoms with Crippen molar-refractivity contribution in [1.29, 1.82) is 0 Å². The van der Waals surface area contributed by atoms with E-state index in [1.54, 1.807) is 0 Å². The Bertz CT molecular complexity index is 338. The van der Waals surface area contributed by atoms with E-state index in [0.717, 1.165) is 19.4 Å². The first-order valence-electron chi connectivity index (χ1n) is 6.51. The monoisotopic (exact) mass is 269 g/mol. The number of thiophene rings is 1. The van der Waals surface area contributed by atoms with E-state index in [-0.39, 0.29) is 0 Å². The molecule has 0 saturated heterocycles. The van der Waals surface area contributed by atoms with Gasteiger partial charge in [-0.1, -0.05) is 24.6 Å². The first kappa shape index (κ1) is 15.0. The minimum Gasteiger partial charge on any atom is -0.409 e. The van der Waals surface area contributed by atoms with E-state index >= 15 is 0 Å². The molecule has 0 aromatic carbocycles. The Labute approximate surface area is 113 Å². The maximum absolute atomic E-state index is 8.42. The Morgan fingerprint density at radius 3 is 3.00 bits per heavy atom. The maximum atomic E-state index is 8.42. The SMILES string of the molecule is CCCC(NCCCCC(N)=NO)c1cccs1. The van der Waals surface area contributed by atoms with Crippen LogP contribution in [0.15, 0.2) is 22.7 Å². The molecule has 0 aliphatic heterocycles. The molecule has 5 heteroatoms. The van der Waals surface area contributed by atoms with Gasteiger partial charge in [-0.15, -0.1) is 11.3 Å². The highest BCUT2D eigenvalue weighted by molar-refractivity contribution is 7.10. The van der Waals surface area contributed by atoms with Crippen LogP contribution in [0.5, 0.6) is 0 Å². The van der Waals surface area contributed by atoms with Crippen molar-refractivity contribution in [3.8, 4) is 0 Å². The van der Waals surface area contributed by atoms with Crippen LogP contribution in [0.1, 0.15) is 49.9 Å². The Kier molecular flexibility index (Phi) is 7.44. The summed E-state index contributed by atoms with van der Waals surface area (Å²) in [5, 5.41) is 17.1. The van der Waals surface area contributed by atoms with Gasteiger partial charge in [0.25, 0.3) is 0 Å². The lowest BCUT2D eigenvalue weighted by molar-refractivity contribution is 0.316. The van der Waals surface area contributed by atoms with E-state index in [2.05, 4.69) is 34.9 Å². The lowest BCUT2D eigenvalue weighted by Crippen LogP contribution is -2.22. The predicted octanol–water partition coefficient (Wildman–Crippen LogP) is 3.10. The van der Waals surface area contributed by atoms with Crippen molar-refractivity contribution in [2.45, 2.75) is 45.1 Å². The average Bonchev–Trinajstić information content (AvgIpc) is 2.90. The highest BCUT2D eigenvalue weighted by atomic mass is 32.1. The zero-order valence-corrected chi connectivity index (χ0v) is 11.7. The molecule has 0 bridgehead atoms. The second-order valence-electron chi connectivity index (χ2n) is 4.36. The molecule has 0 saturated carbocycles. The van der Waals surface area contributed by atoms with Crippen LogP contribution >= 0.6 is 11.3 Å². The van der Waals surface area contributed by atoms with Gasteiger partial charge in [-0.3, -0.25) is 0 Å². The van der Waals surface area contributed by atoms with E-state index in [4.69, 9.17) is 10.9 Å². The number of hydrogen-bond donors (Lipinski definition) is 3. The third-order valence-corrected chi connectivity index (χ3v) is 3.83. The van der Waals surface area contributed by atoms with Gasteiger partial charge in [0.15, 0.2) is 0 Å². The van der Waals surface area contributed by atoms with Crippen LogP contribution in [0.25, 0.3) is 0 Å². The fraction of sp³-hybridized carbons (Fsp3) is 0.615. The van der Waals surface area contributed by atoms with E-state index in [0.29, 0.717) is 18.3 Å². The van der Waals surface area contributed by atoms with Crippen molar-refractivity contribution in [3.63, 3.8) is 0 Å². The average molecular weight is 269 g/mol. The zero-order chi connectivity index (χ0) is 13.2. The molecule has 0 aliphatic rings. The van der Waals surface area contributed by atoms with Gasteiger partial charge in [0.05, 0.1) is 0 Å². The van der Waals surface area contributed by atoms with Gasteiger partial charge < -0.3 is 16.3 Å². The van der Waals surface area contributed by atoms with Gasteiger partial charge in [0.2, 0.25) is 0 Å². The fourth-order valence-corrected chi connectivity index (χ4v) is 2.72. The molecule has 0 spiro atoms. The van der Waals surface area contributed by atoms with Crippen LogP contribution in [0.2, 0.25) is 0 Å². The molecule has 1 aromatic rings. The second kappa shape index (κ2) is 8.94. The number of oxime groups is 1. The van der Waals surface area contributed by atoms with Crippen LogP contribution in [0, 0.1) is 0 Å². The first-order chi connectivity index (χ1) is 8.77. The molecule has 0 amide bonds. The molecule has 1 atom stereocenters. The standard InChI is InChI=1S/C13H23N3OS/c1-2-6-11(12-7-5-10-18-12)15-9-4-3-8-13(14)16-17/h5,7,10-11,15,17H,2-4,6,8-9H2,1H3,(H2,14,16). The molecule has 4 nitrogen and oxygen atoms in total. The summed E-state index contributed by atoms with van der Waals surface area (Å²) in [6, 6.07) is 4.76. The van der Waals surface area contributed by atoms with E-state index in [1.807, 2.05) is 11.3 Å². The summed E-state index contributed by atoms with van der Waals surface area (Å²) in [7, 11) is 0. The number of nitrogens with one attached hydrogen (secondary N) is 1. The van der Waals surface area contributed by atoms with Gasteiger partial charge in [-0.25, -0.2) is 0 Å². The van der Waals surface area contributed by atoms with Crippen molar-refractivity contribution in [1.82, 2.24) is 5.32 Å². The normalized spacial score (nSPS) is 13.7. The lowest BCUT2D eigenvalue weighted by atomic mass is 10.1. The third kappa shape index (κ3) is 5.51. The highest BCUT2D eigenvalue weighted by Gasteiger charge is 2.10. The molecular weight excluding hydrogens is 246 g/mol. The van der Waals surface area contributed by atoms with Gasteiger partial charge >= 0.3 is 0 Å². The van der Waals surface area contributed by atoms with E-state index in [1.165, 1.54) is 17.7 Å². The van der Waals surface area contributed by atoms with Crippen molar-refractivity contribution in [3.05, 3.63) is 22.4 Å². The topological polar surface area (TPSA) is 70.6 Å². The number of amidine groups is 1. The number of nitrogens with zero attached hydrogens (tertiary/aromatic N) is 1. The molecule has 0 radical (unpaired) electrons. The minimum atomic E-state index is 0.318. The fourth-order valence-electron chi connectivity index (χ4n) is 1.88. The third-order valence-electron chi connectivity index (χ3n) is 2.84. The summed E-state index contributed by atoms with van der Waals surface area (Å²) in [6.45, 7) is 3.18. The Balaban J connectivity index is 2.22. The summed E-state index contributed by atoms with van der Waals surface area (Å²) in [5.74, 6) is 0.318. The summed E-state index contributed by atoms with van der Waals surface area (Å²) in [6.07, 6.45) is 5.00. The number of hydrogen-bond acceptors (Lipinski definition) is 4. The molecule has 1 heterocycles. The van der Waals surface area contributed by atoms with Crippen molar-refractivity contribution in [2.24, 2.45) is 10.9 Å². The molecular formula is C13H23N3OS. The molecule has 1 rings (SSSR count). The zero-order valence-electron chi connectivity index (χ0n) is 10.9. The molecule has 102 valence electrons. The van der Waals surface area contributed by atoms with Gasteiger partial charge in [-0.2, -0.15) is 0 Å². The molecule has 0 fully saturated rings. The number of nitrogens with two attached hydrogens (primary N) is 1. The highest BCUT2D eigenvalue weighted by Crippen LogP contribution is 2.23. The van der Waals surface area contributed by atoms with Crippen molar-refractivity contribution in [2.75, 3.05) is 6.54 Å². The smallest absolute Gasteiger partial charge is 0.139 e. The Morgan fingerprint density at radius 1 is 1.56 bits per heavy atom. The number of rotatable bonds is 9. The summed E-state index contributed by atoms with van der Waals surface area (Å²) in [4.78, 5) is 1.41. The van der Waals surface area contributed by atoms with Gasteiger partial charge in [-0.05, 0) is 37.3 Å². The predicted molar refractivity (Wildman–Crippen MR) is 77.2 cm³/mol. The summed E-state index contributed by atoms with van der Waals surface area (Å²) < 4.78 is 0. The second-order valence-corrected chi connectivity index (χ2v) is 5.34. The van der Waals surface area contributed by atoms with Crippen molar-refractivity contribution >= 4 is 17.2 Å². The molecule has 4 N–H and O–H groups in total. The Morgan fingerprint density at radius 2 is 2.39 bits per heavy atom. The number of unbranched alkanes of at least 4 members (excludes halogenated alkanes) is 1. The van der Waals surface area contributed by atoms with Crippen LogP contribution < -0.4 is 11.1 Å². The Hall–Kier alpha value is -1.07. The van der Waals surface area contributed by atoms with E-state index in [9.17, 15) is 0 Å². The molecule has 1 aromatic heterocycles. The molecule has 1 unspecified atom stereocenters. The largest absolute Gasteiger partial charge is 0.409 e. The van der Waals surface area contributed by atoms with Crippen LogP contribution in [-0.2, 0) is 0 Å². The molecule has 0 aliphatic carbocycles. The van der Waals surface area contributed by atoms with Gasteiger partial charge in [0, 0.05) is 17.3 Å². The minimum absolute atomic E-state index is 0.318. The van der Waals surface area contributed by atoms with Crippen LogP contribution in [0.3, 0.4) is 0 Å². The van der Waals surface area contributed by atoms with Crippen molar-refractivity contribution < 1.29 is 5.21 Å². The first-order valence-corrected chi connectivity index (χ1v) is 7.39. The summed E-state index contributed by atoms with van der Waals surface area (Å²) >= 11 is 1.81. The van der Waals surface area contributed by atoms with Gasteiger partial charge in [0.1, 0.15) is 5.84 Å². The van der Waals surface area contributed by atoms with Crippen LogP contribution in [0.4, 0.5) is 0 Å². The molecule has 18 heavy (non-hydrogen) atoms. The maximum Gasteiger partial charge on any atom is 0.139 e. The van der Waals surface area contributed by atoms with E-state index < -0.39 is 0 Å². The summed E-state index contributed by atoms with van der Waals surface area (Å²) in [5.41, 5.74) is 5.42. The quantitative estimate of drug-likeness (QED) is 0.212.